The highest BCUT2D eigenvalue weighted by Crippen LogP contribution is 2.17. The van der Waals surface area contributed by atoms with E-state index in [4.69, 9.17) is 5.73 Å². The number of carbonyl (C=O) groups is 1. The van der Waals surface area contributed by atoms with Gasteiger partial charge >= 0.3 is 0 Å². The normalized spacial score (nSPS) is 15.9. The van der Waals surface area contributed by atoms with Crippen LogP contribution < -0.4 is 10.6 Å². The van der Waals surface area contributed by atoms with Gasteiger partial charge in [0.15, 0.2) is 0 Å². The third-order valence-electron chi connectivity index (χ3n) is 3.79. The average Bonchev–Trinajstić information content (AvgIpc) is 2.46. The van der Waals surface area contributed by atoms with E-state index in [-0.39, 0.29) is 42.5 Å². The molecule has 2 N–H and O–H groups in total. The molecular weight excluding hydrogens is 328 g/mol. The van der Waals surface area contributed by atoms with Crippen molar-refractivity contribution >= 4 is 36.4 Å². The van der Waals surface area contributed by atoms with Crippen LogP contribution in [0.1, 0.15) is 13.8 Å². The molecule has 1 aromatic rings. The zero-order valence-corrected chi connectivity index (χ0v) is 14.5. The largest absolute Gasteiger partial charge is 0.368 e. The molecule has 0 bridgehead atoms. The molecule has 126 valence electrons. The Kier molecular flexibility index (Phi) is 8.74. The van der Waals surface area contributed by atoms with Crippen molar-refractivity contribution in [2.45, 2.75) is 19.9 Å². The van der Waals surface area contributed by atoms with Crippen molar-refractivity contribution in [3.63, 3.8) is 0 Å². The Morgan fingerprint density at radius 3 is 2.05 bits per heavy atom. The summed E-state index contributed by atoms with van der Waals surface area (Å²) in [5, 5.41) is 0. The van der Waals surface area contributed by atoms with E-state index < -0.39 is 6.04 Å². The number of anilines is 1. The van der Waals surface area contributed by atoms with Gasteiger partial charge in [-0.15, -0.1) is 24.8 Å². The van der Waals surface area contributed by atoms with Crippen molar-refractivity contribution in [1.29, 1.82) is 0 Å². The maximum absolute atomic E-state index is 12.9. The Morgan fingerprint density at radius 1 is 1.09 bits per heavy atom. The van der Waals surface area contributed by atoms with Crippen LogP contribution in [0.4, 0.5) is 10.1 Å². The van der Waals surface area contributed by atoms with Crippen LogP contribution >= 0.6 is 24.8 Å². The fourth-order valence-electron chi connectivity index (χ4n) is 2.33. The number of amides is 1. The van der Waals surface area contributed by atoms with Gasteiger partial charge in [-0.3, -0.25) is 4.79 Å². The lowest BCUT2D eigenvalue weighted by Crippen LogP contribution is -2.54. The van der Waals surface area contributed by atoms with E-state index in [9.17, 15) is 9.18 Å². The number of hydrogen-bond acceptors (Lipinski definition) is 3. The number of halogens is 3. The van der Waals surface area contributed by atoms with Gasteiger partial charge in [0, 0.05) is 31.9 Å². The third kappa shape index (κ3) is 5.00. The third-order valence-corrected chi connectivity index (χ3v) is 3.79. The van der Waals surface area contributed by atoms with Crippen molar-refractivity contribution in [3.8, 4) is 0 Å². The lowest BCUT2D eigenvalue weighted by molar-refractivity contribution is -0.133. The molecular formula is C15H24Cl2FN3O. The van der Waals surface area contributed by atoms with Gasteiger partial charge in [0.05, 0.1) is 6.04 Å². The van der Waals surface area contributed by atoms with E-state index in [1.165, 1.54) is 12.1 Å². The molecule has 1 saturated heterocycles. The minimum Gasteiger partial charge on any atom is -0.368 e. The van der Waals surface area contributed by atoms with E-state index in [1.807, 2.05) is 18.7 Å². The summed E-state index contributed by atoms with van der Waals surface area (Å²) in [5.74, 6) is -0.0538. The minimum atomic E-state index is -0.424. The first kappa shape index (κ1) is 21.0. The Labute approximate surface area is 143 Å². The SMILES string of the molecule is CC(C)C(N)C(=O)N1CCN(c2ccc(F)cc2)CC1.Cl.Cl. The molecule has 1 aliphatic heterocycles. The first-order valence-electron chi connectivity index (χ1n) is 7.04. The molecule has 1 unspecified atom stereocenters. The van der Waals surface area contributed by atoms with Gasteiger partial charge in [0.2, 0.25) is 5.91 Å². The Hall–Kier alpha value is -1.04. The van der Waals surface area contributed by atoms with Crippen molar-refractivity contribution in [2.75, 3.05) is 31.1 Å². The van der Waals surface area contributed by atoms with E-state index in [1.54, 1.807) is 12.1 Å². The summed E-state index contributed by atoms with van der Waals surface area (Å²) in [5.41, 5.74) is 6.90. The summed E-state index contributed by atoms with van der Waals surface area (Å²) < 4.78 is 12.9. The molecule has 1 aromatic carbocycles. The van der Waals surface area contributed by atoms with E-state index in [0.29, 0.717) is 13.1 Å². The van der Waals surface area contributed by atoms with Gasteiger partial charge in [0.1, 0.15) is 5.82 Å². The first-order valence-corrected chi connectivity index (χ1v) is 7.04. The number of nitrogens with two attached hydrogens (primary N) is 1. The standard InChI is InChI=1S/C15H22FN3O.2ClH/c1-11(2)14(17)15(20)19-9-7-18(8-10-19)13-5-3-12(16)4-6-13;;/h3-6,11,14H,7-10,17H2,1-2H3;2*1H. The average molecular weight is 352 g/mol. The monoisotopic (exact) mass is 351 g/mol. The maximum atomic E-state index is 12.9. The molecule has 0 spiro atoms. The fraction of sp³-hybridized carbons (Fsp3) is 0.533. The van der Waals surface area contributed by atoms with Gasteiger partial charge in [-0.25, -0.2) is 4.39 Å². The topological polar surface area (TPSA) is 49.6 Å². The van der Waals surface area contributed by atoms with Gasteiger partial charge < -0.3 is 15.5 Å². The molecule has 7 heteroatoms. The second kappa shape index (κ2) is 9.18. The van der Waals surface area contributed by atoms with E-state index in [2.05, 4.69) is 4.90 Å². The summed E-state index contributed by atoms with van der Waals surface area (Å²) in [6.45, 7) is 6.74. The van der Waals surface area contributed by atoms with Crippen LogP contribution in [0.15, 0.2) is 24.3 Å². The molecule has 1 aliphatic rings. The molecule has 1 heterocycles. The molecule has 0 aromatic heterocycles. The summed E-state index contributed by atoms with van der Waals surface area (Å²) in [6, 6.07) is 6.04. The number of nitrogens with zero attached hydrogens (tertiary/aromatic N) is 2. The number of piperazine rings is 1. The fourth-order valence-corrected chi connectivity index (χ4v) is 2.33. The molecule has 1 fully saturated rings. The van der Waals surface area contributed by atoms with Crippen LogP contribution in [0, 0.1) is 11.7 Å². The summed E-state index contributed by atoms with van der Waals surface area (Å²) in [4.78, 5) is 16.1. The Morgan fingerprint density at radius 2 is 1.59 bits per heavy atom. The van der Waals surface area contributed by atoms with Crippen LogP contribution in [0.5, 0.6) is 0 Å². The lowest BCUT2D eigenvalue weighted by atomic mass is 10.0. The van der Waals surface area contributed by atoms with Gasteiger partial charge in [-0.1, -0.05) is 13.8 Å². The molecule has 22 heavy (non-hydrogen) atoms. The van der Waals surface area contributed by atoms with Gasteiger partial charge in [0.25, 0.3) is 0 Å². The van der Waals surface area contributed by atoms with Crippen molar-refractivity contribution in [3.05, 3.63) is 30.1 Å². The molecule has 1 amide bonds. The number of hydrogen-bond donors (Lipinski definition) is 1. The highest BCUT2D eigenvalue weighted by Gasteiger charge is 2.26. The van der Waals surface area contributed by atoms with Crippen LogP contribution in [0.3, 0.4) is 0 Å². The quantitative estimate of drug-likeness (QED) is 0.908. The van der Waals surface area contributed by atoms with Crippen LogP contribution in [0.2, 0.25) is 0 Å². The molecule has 0 radical (unpaired) electrons. The van der Waals surface area contributed by atoms with Crippen molar-refractivity contribution in [1.82, 2.24) is 4.90 Å². The summed E-state index contributed by atoms with van der Waals surface area (Å²) >= 11 is 0. The van der Waals surface area contributed by atoms with Crippen LogP contribution in [-0.2, 0) is 4.79 Å². The van der Waals surface area contributed by atoms with Crippen LogP contribution in [-0.4, -0.2) is 43.0 Å². The first-order chi connectivity index (χ1) is 9.49. The molecule has 0 aliphatic carbocycles. The summed E-state index contributed by atoms with van der Waals surface area (Å²) in [7, 11) is 0. The predicted molar refractivity (Wildman–Crippen MR) is 92.5 cm³/mol. The summed E-state index contributed by atoms with van der Waals surface area (Å²) in [6.07, 6.45) is 0. The highest BCUT2D eigenvalue weighted by molar-refractivity contribution is 5.85. The predicted octanol–water partition coefficient (Wildman–Crippen LogP) is 2.30. The van der Waals surface area contributed by atoms with Gasteiger partial charge in [-0.2, -0.15) is 0 Å². The maximum Gasteiger partial charge on any atom is 0.239 e. The Balaban J connectivity index is 0.00000220. The van der Waals surface area contributed by atoms with Crippen molar-refractivity contribution in [2.24, 2.45) is 11.7 Å². The second-order valence-corrected chi connectivity index (χ2v) is 5.56. The highest BCUT2D eigenvalue weighted by atomic mass is 35.5. The molecule has 0 saturated carbocycles. The number of rotatable bonds is 3. The molecule has 1 atom stereocenters. The molecule has 4 nitrogen and oxygen atoms in total. The molecule has 2 rings (SSSR count). The van der Waals surface area contributed by atoms with Crippen LogP contribution in [0.25, 0.3) is 0 Å². The van der Waals surface area contributed by atoms with E-state index in [0.717, 1.165) is 18.8 Å². The number of carbonyl (C=O) groups excluding carboxylic acids is 1. The smallest absolute Gasteiger partial charge is 0.239 e. The number of benzene rings is 1. The Bertz CT molecular complexity index is 462. The van der Waals surface area contributed by atoms with Gasteiger partial charge in [-0.05, 0) is 30.2 Å². The lowest BCUT2D eigenvalue weighted by Gasteiger charge is -2.37. The second-order valence-electron chi connectivity index (χ2n) is 5.56. The minimum absolute atomic E-state index is 0. The zero-order chi connectivity index (χ0) is 14.7. The zero-order valence-electron chi connectivity index (χ0n) is 12.9. The van der Waals surface area contributed by atoms with Crippen molar-refractivity contribution < 1.29 is 9.18 Å². The van der Waals surface area contributed by atoms with E-state index >= 15 is 0 Å².